The van der Waals surface area contributed by atoms with Crippen molar-refractivity contribution in [1.29, 1.82) is 0 Å². The lowest BCUT2D eigenvalue weighted by Gasteiger charge is -2.10. The van der Waals surface area contributed by atoms with Gasteiger partial charge in [0.1, 0.15) is 6.10 Å². The number of allylic oxidation sites excluding steroid dienone is 3. The quantitative estimate of drug-likeness (QED) is 0.499. The van der Waals surface area contributed by atoms with Crippen LogP contribution in [0.5, 0.6) is 0 Å². The molecule has 0 aliphatic heterocycles. The molecule has 0 aromatic carbocycles. The minimum Gasteiger partial charge on any atom is -0.458 e. The van der Waals surface area contributed by atoms with Gasteiger partial charge in [-0.3, -0.25) is 4.79 Å². The normalized spacial score (nSPS) is 16.0. The van der Waals surface area contributed by atoms with Crippen LogP contribution in [0.15, 0.2) is 24.3 Å². The van der Waals surface area contributed by atoms with Gasteiger partial charge in [0.2, 0.25) is 0 Å². The average Bonchev–Trinajstić information content (AvgIpc) is 2.03. The van der Waals surface area contributed by atoms with Crippen molar-refractivity contribution in [2.75, 3.05) is 0 Å². The molecular weight excluding hydrogens is 176 g/mol. The molecule has 0 bridgehead atoms. The average molecular weight is 196 g/mol. The summed E-state index contributed by atoms with van der Waals surface area (Å²) in [5.74, 6) is 0.117. The Morgan fingerprint density at radius 2 is 1.79 bits per heavy atom. The maximum atomic E-state index is 11.3. The molecular formula is C12H20O2. The van der Waals surface area contributed by atoms with Crippen molar-refractivity contribution < 1.29 is 9.53 Å². The number of hydrogen-bond acceptors (Lipinski definition) is 2. The number of carbonyl (C=O) groups is 1. The zero-order valence-electron chi connectivity index (χ0n) is 9.49. The maximum Gasteiger partial charge on any atom is 0.306 e. The second kappa shape index (κ2) is 7.36. The molecule has 0 unspecified atom stereocenters. The van der Waals surface area contributed by atoms with E-state index in [4.69, 9.17) is 4.74 Å². The molecule has 0 rings (SSSR count). The van der Waals surface area contributed by atoms with Crippen LogP contribution >= 0.6 is 0 Å². The van der Waals surface area contributed by atoms with E-state index in [2.05, 4.69) is 0 Å². The van der Waals surface area contributed by atoms with E-state index in [0.29, 0.717) is 6.42 Å². The molecule has 0 fully saturated rings. The van der Waals surface area contributed by atoms with Crippen molar-refractivity contribution in [3.05, 3.63) is 24.3 Å². The van der Waals surface area contributed by atoms with Gasteiger partial charge in [-0.1, -0.05) is 25.2 Å². The molecule has 2 nitrogen and oxygen atoms in total. The summed E-state index contributed by atoms with van der Waals surface area (Å²) in [4.78, 5) is 11.3. The van der Waals surface area contributed by atoms with Gasteiger partial charge in [-0.15, -0.1) is 0 Å². The summed E-state index contributed by atoms with van der Waals surface area (Å²) in [5, 5.41) is 0. The van der Waals surface area contributed by atoms with Crippen molar-refractivity contribution in [3.8, 4) is 0 Å². The van der Waals surface area contributed by atoms with Crippen molar-refractivity contribution in [1.82, 2.24) is 0 Å². The van der Waals surface area contributed by atoms with E-state index < -0.39 is 0 Å². The summed E-state index contributed by atoms with van der Waals surface area (Å²) < 4.78 is 5.15. The lowest BCUT2D eigenvalue weighted by molar-refractivity contribution is -0.146. The van der Waals surface area contributed by atoms with Gasteiger partial charge in [-0.2, -0.15) is 0 Å². The highest BCUT2D eigenvalue weighted by molar-refractivity contribution is 5.70. The van der Waals surface area contributed by atoms with Gasteiger partial charge in [-0.25, -0.2) is 0 Å². The molecule has 0 aliphatic rings. The minimum atomic E-state index is -0.138. The molecule has 0 N–H and O–H groups in total. The molecule has 2 heteroatoms. The molecule has 0 saturated heterocycles. The van der Waals surface area contributed by atoms with Crippen molar-refractivity contribution in [2.45, 2.75) is 40.2 Å². The fraction of sp³-hybridized carbons (Fsp3) is 0.583. The third kappa shape index (κ3) is 6.46. The summed E-state index contributed by atoms with van der Waals surface area (Å²) >= 11 is 0. The Bertz CT molecular complexity index is 194. The first-order chi connectivity index (χ1) is 6.60. The highest BCUT2D eigenvalue weighted by Gasteiger charge is 2.09. The molecule has 0 heterocycles. The van der Waals surface area contributed by atoms with Crippen molar-refractivity contribution >= 4 is 5.97 Å². The number of rotatable bonds is 5. The number of ether oxygens (including phenoxy) is 1. The van der Waals surface area contributed by atoms with Crippen LogP contribution in [0.1, 0.15) is 34.1 Å². The Morgan fingerprint density at radius 3 is 2.29 bits per heavy atom. The fourth-order valence-electron chi connectivity index (χ4n) is 1.23. The summed E-state index contributed by atoms with van der Waals surface area (Å²) in [7, 11) is 0. The number of esters is 1. The molecule has 2 atom stereocenters. The highest BCUT2D eigenvalue weighted by atomic mass is 16.5. The third-order valence-corrected chi connectivity index (χ3v) is 1.79. The first-order valence-corrected chi connectivity index (χ1v) is 5.05. The van der Waals surface area contributed by atoms with Crippen LogP contribution in [-0.4, -0.2) is 12.1 Å². The zero-order chi connectivity index (χ0) is 11.0. The van der Waals surface area contributed by atoms with Crippen LogP contribution < -0.4 is 0 Å². The SMILES string of the molecule is C/C=C/[C@@H](C)CC(=O)O[C@@H](C)/C=C/C. The Kier molecular flexibility index (Phi) is 6.81. The summed E-state index contributed by atoms with van der Waals surface area (Å²) in [6.07, 6.45) is 8.03. The van der Waals surface area contributed by atoms with Crippen molar-refractivity contribution in [3.63, 3.8) is 0 Å². The van der Waals surface area contributed by atoms with Crippen LogP contribution in [0.4, 0.5) is 0 Å². The van der Waals surface area contributed by atoms with Crippen LogP contribution in [0, 0.1) is 5.92 Å². The number of carbonyl (C=O) groups excluding carboxylic acids is 1. The largest absolute Gasteiger partial charge is 0.458 e. The highest BCUT2D eigenvalue weighted by Crippen LogP contribution is 2.06. The third-order valence-electron chi connectivity index (χ3n) is 1.79. The standard InChI is InChI=1S/C12H20O2/c1-5-7-10(3)9-12(13)14-11(4)8-6-2/h5-8,10-11H,9H2,1-4H3/b7-5+,8-6+/t10-,11+/m1/s1. The van der Waals surface area contributed by atoms with Crippen LogP contribution in [0.2, 0.25) is 0 Å². The van der Waals surface area contributed by atoms with Gasteiger partial charge in [0.05, 0.1) is 6.42 Å². The molecule has 0 saturated carbocycles. The Morgan fingerprint density at radius 1 is 1.21 bits per heavy atom. The van der Waals surface area contributed by atoms with E-state index in [-0.39, 0.29) is 18.0 Å². The Balaban J connectivity index is 3.86. The molecule has 0 spiro atoms. The lowest BCUT2D eigenvalue weighted by atomic mass is 10.1. The predicted molar refractivity (Wildman–Crippen MR) is 59.0 cm³/mol. The van der Waals surface area contributed by atoms with Gasteiger partial charge in [0.25, 0.3) is 0 Å². The molecule has 0 aromatic heterocycles. The Hall–Kier alpha value is -1.05. The van der Waals surface area contributed by atoms with E-state index >= 15 is 0 Å². The van der Waals surface area contributed by atoms with E-state index in [9.17, 15) is 4.79 Å². The monoisotopic (exact) mass is 196 g/mol. The first-order valence-electron chi connectivity index (χ1n) is 5.05. The van der Waals surface area contributed by atoms with E-state index in [0.717, 1.165) is 0 Å². The van der Waals surface area contributed by atoms with Crippen molar-refractivity contribution in [2.24, 2.45) is 5.92 Å². The minimum absolute atomic E-state index is 0.120. The maximum absolute atomic E-state index is 11.3. The van der Waals surface area contributed by atoms with Gasteiger partial charge < -0.3 is 4.74 Å². The van der Waals surface area contributed by atoms with E-state index in [1.165, 1.54) is 0 Å². The fourth-order valence-corrected chi connectivity index (χ4v) is 1.23. The molecule has 14 heavy (non-hydrogen) atoms. The topological polar surface area (TPSA) is 26.3 Å². The molecule has 0 aliphatic carbocycles. The molecule has 0 aromatic rings. The summed E-state index contributed by atoms with van der Waals surface area (Å²) in [5.41, 5.74) is 0. The van der Waals surface area contributed by atoms with Gasteiger partial charge in [0.15, 0.2) is 0 Å². The summed E-state index contributed by atoms with van der Waals surface area (Å²) in [6.45, 7) is 7.72. The van der Waals surface area contributed by atoms with Gasteiger partial charge in [-0.05, 0) is 32.8 Å². The molecule has 0 amide bonds. The van der Waals surface area contributed by atoms with Crippen LogP contribution in [-0.2, 0) is 9.53 Å². The zero-order valence-corrected chi connectivity index (χ0v) is 9.49. The molecule has 0 radical (unpaired) electrons. The lowest BCUT2D eigenvalue weighted by Crippen LogP contribution is -2.14. The second-order valence-electron chi connectivity index (χ2n) is 3.43. The van der Waals surface area contributed by atoms with E-state index in [1.54, 1.807) is 0 Å². The summed E-state index contributed by atoms with van der Waals surface area (Å²) in [6, 6.07) is 0. The van der Waals surface area contributed by atoms with E-state index in [1.807, 2.05) is 52.0 Å². The van der Waals surface area contributed by atoms with Gasteiger partial charge in [0, 0.05) is 0 Å². The van der Waals surface area contributed by atoms with Crippen LogP contribution in [0.3, 0.4) is 0 Å². The predicted octanol–water partition coefficient (Wildman–Crippen LogP) is 3.10. The first kappa shape index (κ1) is 12.9. The number of hydrogen-bond donors (Lipinski definition) is 0. The Labute approximate surface area is 86.6 Å². The second-order valence-corrected chi connectivity index (χ2v) is 3.43. The smallest absolute Gasteiger partial charge is 0.306 e. The molecule has 80 valence electrons. The van der Waals surface area contributed by atoms with Gasteiger partial charge >= 0.3 is 5.97 Å². The van der Waals surface area contributed by atoms with Crippen LogP contribution in [0.25, 0.3) is 0 Å².